The Labute approximate surface area is 130 Å². The molecule has 0 bridgehead atoms. The highest BCUT2D eigenvalue weighted by Crippen LogP contribution is 2.29. The van der Waals surface area contributed by atoms with Crippen LogP contribution in [0.25, 0.3) is 0 Å². The van der Waals surface area contributed by atoms with Crippen molar-refractivity contribution >= 4 is 28.5 Å². The second-order valence-electron chi connectivity index (χ2n) is 4.65. The van der Waals surface area contributed by atoms with E-state index in [9.17, 15) is 20.2 Å². The Morgan fingerprint density at radius 3 is 2.48 bits per heavy atom. The minimum absolute atomic E-state index is 0.0591. The van der Waals surface area contributed by atoms with Crippen LogP contribution in [0.5, 0.6) is 0 Å². The lowest BCUT2D eigenvalue weighted by molar-refractivity contribution is -0.393. The van der Waals surface area contributed by atoms with Crippen molar-refractivity contribution in [3.05, 3.63) is 68.3 Å². The highest BCUT2D eigenvalue weighted by molar-refractivity contribution is 5.99. The van der Waals surface area contributed by atoms with E-state index in [1.165, 1.54) is 12.1 Å². The summed E-state index contributed by atoms with van der Waals surface area (Å²) < 4.78 is 0. The summed E-state index contributed by atoms with van der Waals surface area (Å²) in [5.41, 5.74) is 9.39. The average Bonchev–Trinajstić information content (AvgIpc) is 2.52. The Bertz CT molecular complexity index is 804. The van der Waals surface area contributed by atoms with Gasteiger partial charge in [0.25, 0.3) is 5.69 Å². The Balaban J connectivity index is 2.31. The van der Waals surface area contributed by atoms with Gasteiger partial charge in [0.2, 0.25) is 0 Å². The number of nitrogens with two attached hydrogens (primary N) is 1. The van der Waals surface area contributed by atoms with Crippen LogP contribution >= 0.6 is 0 Å². The van der Waals surface area contributed by atoms with Crippen molar-refractivity contribution in [1.82, 2.24) is 0 Å². The number of anilines is 2. The quantitative estimate of drug-likeness (QED) is 0.376. The normalized spacial score (nSPS) is 11.1. The van der Waals surface area contributed by atoms with Crippen molar-refractivity contribution < 1.29 is 9.85 Å². The van der Waals surface area contributed by atoms with Gasteiger partial charge < -0.3 is 5.73 Å². The third kappa shape index (κ3) is 3.79. The summed E-state index contributed by atoms with van der Waals surface area (Å²) in [6.45, 7) is 1.71. The van der Waals surface area contributed by atoms with Crippen molar-refractivity contribution in [1.29, 1.82) is 0 Å². The highest BCUT2D eigenvalue weighted by atomic mass is 16.6. The largest absolute Gasteiger partial charge is 0.399 e. The van der Waals surface area contributed by atoms with Crippen molar-refractivity contribution in [3.63, 3.8) is 0 Å². The number of nitrogens with zero attached hydrogens (tertiary/aromatic N) is 3. The van der Waals surface area contributed by atoms with Crippen molar-refractivity contribution in [3.8, 4) is 0 Å². The number of nitrogens with one attached hydrogen (secondary N) is 1. The van der Waals surface area contributed by atoms with Crippen LogP contribution in [0.15, 0.2) is 47.6 Å². The molecule has 0 saturated heterocycles. The monoisotopic (exact) mass is 315 g/mol. The van der Waals surface area contributed by atoms with E-state index in [2.05, 4.69) is 10.5 Å². The molecular weight excluding hydrogens is 302 g/mol. The van der Waals surface area contributed by atoms with Crippen molar-refractivity contribution in [2.45, 2.75) is 6.92 Å². The highest BCUT2D eigenvalue weighted by Gasteiger charge is 2.19. The SMILES string of the molecule is CC(=NNc1ccc([N+](=O)[O-])cc1[N+](=O)[O-])c1cccc(N)c1. The van der Waals surface area contributed by atoms with E-state index in [0.717, 1.165) is 11.6 Å². The molecule has 9 heteroatoms. The Morgan fingerprint density at radius 1 is 1.13 bits per heavy atom. The van der Waals surface area contributed by atoms with Crippen molar-refractivity contribution in [2.24, 2.45) is 5.10 Å². The second kappa shape index (κ2) is 6.52. The maximum absolute atomic E-state index is 11.0. The molecule has 0 fully saturated rings. The van der Waals surface area contributed by atoms with Crippen LogP contribution in [0.1, 0.15) is 12.5 Å². The van der Waals surface area contributed by atoms with Gasteiger partial charge in [-0.2, -0.15) is 5.10 Å². The number of rotatable bonds is 5. The molecule has 0 unspecified atom stereocenters. The minimum Gasteiger partial charge on any atom is -0.399 e. The molecule has 0 spiro atoms. The maximum atomic E-state index is 11.0. The van der Waals surface area contributed by atoms with Gasteiger partial charge >= 0.3 is 5.69 Å². The predicted molar refractivity (Wildman–Crippen MR) is 86.4 cm³/mol. The maximum Gasteiger partial charge on any atom is 0.301 e. The zero-order valence-corrected chi connectivity index (χ0v) is 12.1. The fourth-order valence-corrected chi connectivity index (χ4v) is 1.85. The first-order valence-corrected chi connectivity index (χ1v) is 6.47. The molecule has 0 aliphatic rings. The van der Waals surface area contributed by atoms with Gasteiger partial charge in [-0.15, -0.1) is 0 Å². The van der Waals surface area contributed by atoms with E-state index in [1.54, 1.807) is 31.2 Å². The molecule has 0 aliphatic carbocycles. The summed E-state index contributed by atoms with van der Waals surface area (Å²) in [5.74, 6) is 0. The molecule has 2 aromatic rings. The summed E-state index contributed by atoms with van der Waals surface area (Å²) >= 11 is 0. The average molecular weight is 315 g/mol. The van der Waals surface area contributed by atoms with Crippen LogP contribution in [0.3, 0.4) is 0 Å². The number of nitrogen functional groups attached to an aromatic ring is 1. The number of nitro benzene ring substituents is 2. The number of benzene rings is 2. The van der Waals surface area contributed by atoms with E-state index < -0.39 is 15.5 Å². The number of nitro groups is 2. The summed E-state index contributed by atoms with van der Waals surface area (Å²) in [6.07, 6.45) is 0. The fraction of sp³-hybridized carbons (Fsp3) is 0.0714. The molecule has 0 aromatic heterocycles. The standard InChI is InChI=1S/C14H13N5O4/c1-9(10-3-2-4-11(15)7-10)16-17-13-6-5-12(18(20)21)8-14(13)19(22)23/h2-8,17H,15H2,1H3. The lowest BCUT2D eigenvalue weighted by atomic mass is 10.1. The first-order chi connectivity index (χ1) is 10.9. The topological polar surface area (TPSA) is 137 Å². The molecule has 23 heavy (non-hydrogen) atoms. The molecule has 0 radical (unpaired) electrons. The number of hydrogen-bond donors (Lipinski definition) is 2. The van der Waals surface area contributed by atoms with Gasteiger partial charge in [0.1, 0.15) is 5.69 Å². The van der Waals surface area contributed by atoms with E-state index >= 15 is 0 Å². The zero-order valence-electron chi connectivity index (χ0n) is 12.1. The molecule has 0 saturated carbocycles. The van der Waals surface area contributed by atoms with E-state index in [1.807, 2.05) is 0 Å². The first kappa shape index (κ1) is 15.9. The van der Waals surface area contributed by atoms with Crippen LogP contribution in [-0.4, -0.2) is 15.6 Å². The molecule has 0 amide bonds. The van der Waals surface area contributed by atoms with Gasteiger partial charge in [-0.3, -0.25) is 25.7 Å². The number of hydrogen-bond acceptors (Lipinski definition) is 7. The van der Waals surface area contributed by atoms with Gasteiger partial charge in [0, 0.05) is 11.8 Å². The number of hydrazone groups is 1. The van der Waals surface area contributed by atoms with Crippen molar-refractivity contribution in [2.75, 3.05) is 11.2 Å². The van der Waals surface area contributed by atoms with Gasteiger partial charge in [-0.05, 0) is 30.7 Å². The molecule has 2 aromatic carbocycles. The summed E-state index contributed by atoms with van der Waals surface area (Å²) in [7, 11) is 0. The van der Waals surface area contributed by atoms with E-state index in [-0.39, 0.29) is 11.4 Å². The van der Waals surface area contributed by atoms with Crippen LogP contribution in [0, 0.1) is 20.2 Å². The van der Waals surface area contributed by atoms with Crippen LogP contribution < -0.4 is 11.2 Å². The molecule has 3 N–H and O–H groups in total. The summed E-state index contributed by atoms with van der Waals surface area (Å²) in [5, 5.41) is 25.8. The third-order valence-corrected chi connectivity index (χ3v) is 3.04. The zero-order chi connectivity index (χ0) is 17.0. The van der Waals surface area contributed by atoms with Crippen LogP contribution in [0.2, 0.25) is 0 Å². The Hall–Kier alpha value is -3.49. The van der Waals surface area contributed by atoms with Gasteiger partial charge in [0.15, 0.2) is 0 Å². The Kier molecular flexibility index (Phi) is 4.50. The molecular formula is C14H13N5O4. The molecule has 118 valence electrons. The van der Waals surface area contributed by atoms with Gasteiger partial charge in [-0.1, -0.05) is 12.1 Å². The van der Waals surface area contributed by atoms with E-state index in [0.29, 0.717) is 11.4 Å². The van der Waals surface area contributed by atoms with Gasteiger partial charge in [-0.25, -0.2) is 0 Å². The fourth-order valence-electron chi connectivity index (χ4n) is 1.85. The third-order valence-electron chi connectivity index (χ3n) is 3.04. The molecule has 0 heterocycles. The lowest BCUT2D eigenvalue weighted by Gasteiger charge is -2.05. The smallest absolute Gasteiger partial charge is 0.301 e. The Morgan fingerprint density at radius 2 is 1.87 bits per heavy atom. The van der Waals surface area contributed by atoms with Gasteiger partial charge in [0.05, 0.1) is 21.6 Å². The summed E-state index contributed by atoms with van der Waals surface area (Å²) in [4.78, 5) is 20.3. The lowest BCUT2D eigenvalue weighted by Crippen LogP contribution is -2.03. The molecule has 0 atom stereocenters. The predicted octanol–water partition coefficient (Wildman–Crippen LogP) is 2.92. The number of non-ortho nitro benzene ring substituents is 1. The minimum atomic E-state index is -0.708. The van der Waals surface area contributed by atoms with Crippen LogP contribution in [-0.2, 0) is 0 Å². The first-order valence-electron chi connectivity index (χ1n) is 6.47. The van der Waals surface area contributed by atoms with Crippen LogP contribution in [0.4, 0.5) is 22.7 Å². The van der Waals surface area contributed by atoms with E-state index in [4.69, 9.17) is 5.73 Å². The molecule has 0 aliphatic heterocycles. The molecule has 2 rings (SSSR count). The molecule has 9 nitrogen and oxygen atoms in total. The second-order valence-corrected chi connectivity index (χ2v) is 4.65. The summed E-state index contributed by atoms with van der Waals surface area (Å²) in [6, 6.07) is 10.3.